The number of hydrogen-bond acceptors (Lipinski definition) is 7. The number of esters is 1. The van der Waals surface area contributed by atoms with E-state index in [0.717, 1.165) is 11.1 Å². The molecule has 9 heteroatoms. The van der Waals surface area contributed by atoms with Gasteiger partial charge in [0.2, 0.25) is 5.91 Å². The zero-order valence-electron chi connectivity index (χ0n) is 17.4. The molecule has 0 radical (unpaired) electrons. The third-order valence-electron chi connectivity index (χ3n) is 5.04. The summed E-state index contributed by atoms with van der Waals surface area (Å²) in [5, 5.41) is 1.29. The number of amides is 1. The van der Waals surface area contributed by atoms with Crippen molar-refractivity contribution in [3.63, 3.8) is 0 Å². The monoisotopic (exact) mass is 458 g/mol. The average Bonchev–Trinajstić information content (AvgIpc) is 3.18. The maximum Gasteiger partial charge on any atom is 0.326 e. The number of anilines is 1. The quantitative estimate of drug-likeness (QED) is 0.539. The van der Waals surface area contributed by atoms with Crippen molar-refractivity contribution >= 4 is 39.8 Å². The van der Waals surface area contributed by atoms with Crippen LogP contribution in [0.25, 0.3) is 10.6 Å². The number of carbonyl (C=O) groups excluding carboxylic acids is 2. The molecule has 3 aromatic rings. The van der Waals surface area contributed by atoms with E-state index >= 15 is 0 Å². The smallest absolute Gasteiger partial charge is 0.326 e. The first-order chi connectivity index (χ1) is 14.7. The summed E-state index contributed by atoms with van der Waals surface area (Å²) in [7, 11) is 1.58. The minimum atomic E-state index is -1.52. The number of halogens is 1. The van der Waals surface area contributed by atoms with E-state index in [2.05, 4.69) is 9.97 Å². The van der Waals surface area contributed by atoms with Crippen molar-refractivity contribution in [2.45, 2.75) is 26.0 Å². The molecule has 1 unspecified atom stereocenters. The van der Waals surface area contributed by atoms with Crippen LogP contribution in [0, 0.1) is 5.92 Å². The van der Waals surface area contributed by atoms with Crippen LogP contribution in [0.1, 0.15) is 19.4 Å². The maximum absolute atomic E-state index is 13.1. The largest absolute Gasteiger partial charge is 0.459 e. The Bertz CT molecular complexity index is 1060. The number of rotatable bonds is 7. The van der Waals surface area contributed by atoms with E-state index in [1.54, 1.807) is 32.4 Å². The van der Waals surface area contributed by atoms with Gasteiger partial charge in [-0.3, -0.25) is 14.6 Å². The molecule has 0 aliphatic heterocycles. The summed E-state index contributed by atoms with van der Waals surface area (Å²) in [6.45, 7) is 3.17. The first-order valence-electron chi connectivity index (χ1n) is 9.56. The molecule has 7 nitrogen and oxygen atoms in total. The number of aromatic nitrogens is 2. The highest BCUT2D eigenvalue weighted by atomic mass is 35.5. The first-order valence-corrected chi connectivity index (χ1v) is 10.8. The minimum absolute atomic E-state index is 0.0817. The van der Waals surface area contributed by atoms with Gasteiger partial charge in [-0.2, -0.15) is 0 Å². The van der Waals surface area contributed by atoms with Crippen molar-refractivity contribution in [3.8, 4) is 10.6 Å². The Labute approximate surface area is 189 Å². The second-order valence-corrected chi connectivity index (χ2v) is 8.66. The Morgan fingerprint density at radius 2 is 1.97 bits per heavy atom. The number of nitrogens with two attached hydrogens (primary N) is 1. The summed E-state index contributed by atoms with van der Waals surface area (Å²) in [6.07, 6.45) is 3.33. The van der Waals surface area contributed by atoms with E-state index in [9.17, 15) is 9.59 Å². The van der Waals surface area contributed by atoms with Gasteiger partial charge in [0, 0.05) is 25.0 Å². The first kappa shape index (κ1) is 22.9. The number of nitrogens with zero attached hydrogens (tertiary/aromatic N) is 3. The fraction of sp³-hybridized carbons (Fsp3) is 0.273. The van der Waals surface area contributed by atoms with Crippen LogP contribution in [-0.2, 0) is 20.9 Å². The topological polar surface area (TPSA) is 98.4 Å². The lowest BCUT2D eigenvalue weighted by atomic mass is 9.87. The molecule has 0 aliphatic rings. The van der Waals surface area contributed by atoms with E-state index in [1.165, 1.54) is 23.2 Å². The van der Waals surface area contributed by atoms with Crippen LogP contribution in [-0.4, -0.2) is 34.4 Å². The Balaban J connectivity index is 1.72. The fourth-order valence-corrected chi connectivity index (χ4v) is 4.11. The van der Waals surface area contributed by atoms with E-state index in [1.807, 2.05) is 36.4 Å². The molecular formula is C22H23ClN4O3S. The van der Waals surface area contributed by atoms with Gasteiger partial charge in [0.1, 0.15) is 22.2 Å². The van der Waals surface area contributed by atoms with Gasteiger partial charge in [-0.15, -0.1) is 0 Å². The zero-order valence-corrected chi connectivity index (χ0v) is 19.0. The van der Waals surface area contributed by atoms with Crippen LogP contribution in [0.2, 0.25) is 5.15 Å². The molecule has 2 atom stereocenters. The van der Waals surface area contributed by atoms with Crippen molar-refractivity contribution in [2.24, 2.45) is 11.7 Å². The second kappa shape index (κ2) is 9.55. The Hall–Kier alpha value is -2.81. The van der Waals surface area contributed by atoms with Gasteiger partial charge in [0.05, 0.1) is 5.92 Å². The molecular weight excluding hydrogens is 436 g/mol. The lowest BCUT2D eigenvalue weighted by molar-refractivity contribution is -0.154. The van der Waals surface area contributed by atoms with Crippen LogP contribution in [0.15, 0.2) is 54.9 Å². The third kappa shape index (κ3) is 5.10. The van der Waals surface area contributed by atoms with E-state index in [-0.39, 0.29) is 17.7 Å². The van der Waals surface area contributed by atoms with Crippen LogP contribution in [0.3, 0.4) is 0 Å². The molecule has 31 heavy (non-hydrogen) atoms. The highest BCUT2D eigenvalue weighted by Crippen LogP contribution is 2.38. The SMILES string of the molecule is C[C@H](C(=O)N(C)c1sc(-c2cccnc2)nc1Cl)C(C)(N)C(=O)OCc1ccccc1. The van der Waals surface area contributed by atoms with Crippen LogP contribution in [0.5, 0.6) is 0 Å². The summed E-state index contributed by atoms with van der Waals surface area (Å²) in [4.78, 5) is 35.5. The number of carbonyl (C=O) groups is 2. The molecule has 3 rings (SSSR count). The van der Waals surface area contributed by atoms with Crippen LogP contribution >= 0.6 is 22.9 Å². The van der Waals surface area contributed by atoms with E-state index < -0.39 is 17.4 Å². The van der Waals surface area contributed by atoms with Crippen LogP contribution < -0.4 is 10.6 Å². The molecule has 1 aromatic carbocycles. The molecule has 0 saturated carbocycles. The summed E-state index contributed by atoms with van der Waals surface area (Å²) in [5.41, 5.74) is 6.35. The molecule has 0 spiro atoms. The third-order valence-corrected chi connectivity index (χ3v) is 6.59. The fourth-order valence-electron chi connectivity index (χ4n) is 2.82. The normalized spacial score (nSPS) is 13.8. The van der Waals surface area contributed by atoms with Gasteiger partial charge >= 0.3 is 5.97 Å². The highest BCUT2D eigenvalue weighted by Gasteiger charge is 2.42. The van der Waals surface area contributed by atoms with Gasteiger partial charge in [-0.05, 0) is 24.6 Å². The van der Waals surface area contributed by atoms with Gasteiger partial charge in [-0.1, -0.05) is 60.2 Å². The summed E-state index contributed by atoms with van der Waals surface area (Å²) < 4.78 is 5.36. The standard InChI is InChI=1S/C22H23ClN4O3S/c1-14(22(2,24)21(29)30-13-15-8-5-4-6-9-15)19(28)27(3)20-17(23)26-18(31-20)16-10-7-11-25-12-16/h4-12,14H,13,24H2,1-3H3/t14-,22?/m1/s1. The van der Waals surface area contributed by atoms with Gasteiger partial charge < -0.3 is 15.4 Å². The average molecular weight is 459 g/mol. The minimum Gasteiger partial charge on any atom is -0.459 e. The molecule has 0 fully saturated rings. The van der Waals surface area contributed by atoms with Crippen LogP contribution in [0.4, 0.5) is 5.00 Å². The number of hydrogen-bond donors (Lipinski definition) is 1. The molecule has 2 aromatic heterocycles. The van der Waals surface area contributed by atoms with Crippen molar-refractivity contribution in [2.75, 3.05) is 11.9 Å². The summed E-state index contributed by atoms with van der Waals surface area (Å²) in [5.74, 6) is -1.89. The molecule has 0 aliphatic carbocycles. The molecule has 0 saturated heterocycles. The van der Waals surface area contributed by atoms with Crippen molar-refractivity contribution < 1.29 is 14.3 Å². The van der Waals surface area contributed by atoms with Crippen molar-refractivity contribution in [1.29, 1.82) is 0 Å². The Kier molecular flexibility index (Phi) is 7.04. The number of pyridine rings is 1. The number of ether oxygens (including phenoxy) is 1. The second-order valence-electron chi connectivity index (χ2n) is 7.32. The lowest BCUT2D eigenvalue weighted by Gasteiger charge is -2.31. The predicted molar refractivity (Wildman–Crippen MR) is 122 cm³/mol. The highest BCUT2D eigenvalue weighted by molar-refractivity contribution is 7.19. The number of benzene rings is 1. The Morgan fingerprint density at radius 3 is 2.61 bits per heavy atom. The van der Waals surface area contributed by atoms with E-state index in [4.69, 9.17) is 22.1 Å². The predicted octanol–water partition coefficient (Wildman–Crippen LogP) is 3.92. The summed E-state index contributed by atoms with van der Waals surface area (Å²) in [6, 6.07) is 12.9. The van der Waals surface area contributed by atoms with Crippen molar-refractivity contribution in [3.05, 3.63) is 65.6 Å². The molecule has 0 bridgehead atoms. The molecule has 2 heterocycles. The van der Waals surface area contributed by atoms with E-state index in [0.29, 0.717) is 10.0 Å². The zero-order chi connectivity index (χ0) is 22.6. The lowest BCUT2D eigenvalue weighted by Crippen LogP contribution is -2.56. The number of thiazole rings is 1. The molecule has 2 N–H and O–H groups in total. The van der Waals surface area contributed by atoms with Gasteiger partial charge in [0.15, 0.2) is 5.15 Å². The maximum atomic E-state index is 13.1. The molecule has 1 amide bonds. The Morgan fingerprint density at radius 1 is 1.26 bits per heavy atom. The van der Waals surface area contributed by atoms with Crippen molar-refractivity contribution in [1.82, 2.24) is 9.97 Å². The summed E-state index contributed by atoms with van der Waals surface area (Å²) >= 11 is 7.55. The molecule has 162 valence electrons. The van der Waals surface area contributed by atoms with Gasteiger partial charge in [0.25, 0.3) is 0 Å². The van der Waals surface area contributed by atoms with Gasteiger partial charge in [-0.25, -0.2) is 4.98 Å².